The van der Waals surface area contributed by atoms with Gasteiger partial charge in [-0.25, -0.2) is 18.0 Å². The van der Waals surface area contributed by atoms with Crippen molar-refractivity contribution in [1.82, 2.24) is 4.31 Å². The van der Waals surface area contributed by atoms with Crippen LogP contribution in [0, 0.1) is 6.92 Å². The lowest BCUT2D eigenvalue weighted by atomic mass is 10.1. The molecule has 0 atom stereocenters. The summed E-state index contributed by atoms with van der Waals surface area (Å²) in [6.45, 7) is 2.33. The summed E-state index contributed by atoms with van der Waals surface area (Å²) in [6.07, 6.45) is 1.69. The molecule has 182 valence electrons. The summed E-state index contributed by atoms with van der Waals surface area (Å²) in [6, 6.07) is 8.50. The average molecular weight is 491 g/mol. The van der Waals surface area contributed by atoms with Gasteiger partial charge in [-0.3, -0.25) is 4.79 Å². The zero-order valence-corrected chi connectivity index (χ0v) is 19.9. The number of hydrogen-bond acceptors (Lipinski definition) is 8. The van der Waals surface area contributed by atoms with Gasteiger partial charge in [0.15, 0.2) is 6.61 Å². The van der Waals surface area contributed by atoms with Crippen molar-refractivity contribution < 1.29 is 37.0 Å². The Morgan fingerprint density at radius 2 is 1.53 bits per heavy atom. The van der Waals surface area contributed by atoms with Gasteiger partial charge in [0.2, 0.25) is 10.0 Å². The third kappa shape index (κ3) is 5.72. The highest BCUT2D eigenvalue weighted by Gasteiger charge is 2.27. The SMILES string of the molecule is COC(=O)c1cc(NC(=O)COc2ccc(S(=O)(=O)N3CCCC3)cc2C)cc(C(=O)OC)c1. The van der Waals surface area contributed by atoms with Crippen LogP contribution in [0.15, 0.2) is 41.3 Å². The number of nitrogens with zero attached hydrogens (tertiary/aromatic N) is 1. The van der Waals surface area contributed by atoms with Gasteiger partial charge in [0.25, 0.3) is 5.91 Å². The number of esters is 2. The van der Waals surface area contributed by atoms with E-state index in [1.54, 1.807) is 6.92 Å². The van der Waals surface area contributed by atoms with Gasteiger partial charge >= 0.3 is 11.9 Å². The molecule has 0 radical (unpaired) electrons. The monoisotopic (exact) mass is 490 g/mol. The predicted molar refractivity (Wildman–Crippen MR) is 122 cm³/mol. The molecule has 34 heavy (non-hydrogen) atoms. The Bertz CT molecular complexity index is 1170. The van der Waals surface area contributed by atoms with Gasteiger partial charge in [-0.1, -0.05) is 0 Å². The molecule has 0 saturated carbocycles. The number of carbonyl (C=O) groups excluding carboxylic acids is 3. The summed E-state index contributed by atoms with van der Waals surface area (Å²) in [4.78, 5) is 36.4. The third-order valence-corrected chi connectivity index (χ3v) is 7.16. The number of hydrogen-bond donors (Lipinski definition) is 1. The number of carbonyl (C=O) groups is 3. The fourth-order valence-corrected chi connectivity index (χ4v) is 5.14. The molecular formula is C23H26N2O8S. The molecule has 0 bridgehead atoms. The number of sulfonamides is 1. The van der Waals surface area contributed by atoms with Crippen molar-refractivity contribution in [1.29, 1.82) is 0 Å². The lowest BCUT2D eigenvalue weighted by Crippen LogP contribution is -2.27. The van der Waals surface area contributed by atoms with Crippen LogP contribution in [0.4, 0.5) is 5.69 Å². The Hall–Kier alpha value is -3.44. The average Bonchev–Trinajstić information content (AvgIpc) is 3.38. The smallest absolute Gasteiger partial charge is 0.337 e. The van der Waals surface area contributed by atoms with Crippen molar-refractivity contribution in [2.45, 2.75) is 24.7 Å². The topological polar surface area (TPSA) is 128 Å². The number of ether oxygens (including phenoxy) is 3. The molecule has 0 aromatic heterocycles. The fourth-order valence-electron chi connectivity index (χ4n) is 3.53. The van der Waals surface area contributed by atoms with Crippen LogP contribution < -0.4 is 10.1 Å². The second-order valence-corrected chi connectivity index (χ2v) is 9.60. The van der Waals surface area contributed by atoms with E-state index in [0.29, 0.717) is 24.4 Å². The minimum Gasteiger partial charge on any atom is -0.483 e. The first-order valence-electron chi connectivity index (χ1n) is 10.5. The molecule has 1 heterocycles. The van der Waals surface area contributed by atoms with Crippen molar-refractivity contribution >= 4 is 33.6 Å². The molecule has 2 aromatic rings. The van der Waals surface area contributed by atoms with E-state index < -0.39 is 27.9 Å². The molecule has 10 nitrogen and oxygen atoms in total. The maximum absolute atomic E-state index is 12.7. The van der Waals surface area contributed by atoms with E-state index >= 15 is 0 Å². The molecule has 1 N–H and O–H groups in total. The van der Waals surface area contributed by atoms with Crippen molar-refractivity contribution in [3.8, 4) is 5.75 Å². The summed E-state index contributed by atoms with van der Waals surface area (Å²) >= 11 is 0. The van der Waals surface area contributed by atoms with Crippen LogP contribution in [0.1, 0.15) is 39.1 Å². The Kier molecular flexibility index (Phi) is 7.90. The number of anilines is 1. The van der Waals surface area contributed by atoms with Crippen LogP contribution in [0.5, 0.6) is 5.75 Å². The van der Waals surface area contributed by atoms with E-state index in [1.165, 1.54) is 54.9 Å². The van der Waals surface area contributed by atoms with Crippen molar-refractivity contribution in [3.63, 3.8) is 0 Å². The van der Waals surface area contributed by atoms with E-state index in [9.17, 15) is 22.8 Å². The van der Waals surface area contributed by atoms with Crippen LogP contribution in [-0.2, 0) is 24.3 Å². The van der Waals surface area contributed by atoms with Crippen LogP contribution in [0.25, 0.3) is 0 Å². The molecular weight excluding hydrogens is 464 g/mol. The summed E-state index contributed by atoms with van der Waals surface area (Å²) < 4.78 is 41.8. The molecule has 1 amide bonds. The minimum absolute atomic E-state index is 0.0623. The largest absolute Gasteiger partial charge is 0.483 e. The van der Waals surface area contributed by atoms with Crippen molar-refractivity contribution in [2.75, 3.05) is 39.2 Å². The molecule has 0 unspecified atom stereocenters. The normalized spacial score (nSPS) is 13.9. The number of rotatable bonds is 8. The molecule has 11 heteroatoms. The predicted octanol–water partition coefficient (Wildman–Crippen LogP) is 2.37. The van der Waals surface area contributed by atoms with Gasteiger partial charge in [-0.15, -0.1) is 0 Å². The number of aryl methyl sites for hydroxylation is 1. The van der Waals surface area contributed by atoms with Gasteiger partial charge in [0.1, 0.15) is 5.75 Å². The summed E-state index contributed by atoms with van der Waals surface area (Å²) in [5.41, 5.74) is 0.869. The Balaban J connectivity index is 1.69. The maximum Gasteiger partial charge on any atom is 0.337 e. The molecule has 1 fully saturated rings. The Morgan fingerprint density at radius 3 is 2.06 bits per heavy atom. The van der Waals surface area contributed by atoms with Crippen LogP contribution in [0.2, 0.25) is 0 Å². The maximum atomic E-state index is 12.7. The van der Waals surface area contributed by atoms with Crippen LogP contribution in [-0.4, -0.2) is 64.5 Å². The number of methoxy groups -OCH3 is 2. The summed E-state index contributed by atoms with van der Waals surface area (Å²) in [5, 5.41) is 2.56. The van der Waals surface area contributed by atoms with E-state index in [-0.39, 0.29) is 28.3 Å². The second kappa shape index (κ2) is 10.7. The number of benzene rings is 2. The second-order valence-electron chi connectivity index (χ2n) is 7.66. The molecule has 0 aliphatic carbocycles. The molecule has 2 aromatic carbocycles. The van der Waals surface area contributed by atoms with Crippen molar-refractivity contribution in [3.05, 3.63) is 53.1 Å². The van der Waals surface area contributed by atoms with Gasteiger partial charge in [-0.2, -0.15) is 4.31 Å². The number of amides is 1. The highest BCUT2D eigenvalue weighted by molar-refractivity contribution is 7.89. The first-order chi connectivity index (χ1) is 16.1. The Morgan fingerprint density at radius 1 is 0.941 bits per heavy atom. The Labute approximate surface area is 197 Å². The van der Waals surface area contributed by atoms with Crippen LogP contribution in [0.3, 0.4) is 0 Å². The summed E-state index contributed by atoms with van der Waals surface area (Å²) in [7, 11) is -1.16. The molecule has 3 rings (SSSR count). The van der Waals surface area contributed by atoms with Gasteiger partial charge in [0.05, 0.1) is 30.2 Å². The zero-order valence-electron chi connectivity index (χ0n) is 19.1. The zero-order chi connectivity index (χ0) is 24.9. The van der Waals surface area contributed by atoms with Crippen LogP contribution >= 0.6 is 0 Å². The fraction of sp³-hybridized carbons (Fsp3) is 0.348. The minimum atomic E-state index is -3.55. The molecule has 0 spiro atoms. The quantitative estimate of drug-likeness (QED) is 0.559. The lowest BCUT2D eigenvalue weighted by Gasteiger charge is -2.17. The van der Waals surface area contributed by atoms with E-state index in [0.717, 1.165) is 12.8 Å². The third-order valence-electron chi connectivity index (χ3n) is 5.27. The van der Waals surface area contributed by atoms with E-state index in [1.807, 2.05) is 0 Å². The standard InChI is InChI=1S/C23H26N2O8S/c1-15-10-19(34(29,30)25-8-4-5-9-25)6-7-20(15)33-14-21(26)24-18-12-16(22(27)31-2)11-17(13-18)23(28)32-3/h6-7,10-13H,4-5,8-9,14H2,1-3H3,(H,24,26). The molecule has 1 aliphatic rings. The van der Waals surface area contributed by atoms with Gasteiger partial charge in [0, 0.05) is 18.8 Å². The number of nitrogens with one attached hydrogen (secondary N) is 1. The molecule has 1 aliphatic heterocycles. The van der Waals surface area contributed by atoms with Crippen molar-refractivity contribution in [2.24, 2.45) is 0 Å². The van der Waals surface area contributed by atoms with Gasteiger partial charge < -0.3 is 19.5 Å². The van der Waals surface area contributed by atoms with Gasteiger partial charge in [-0.05, 0) is 61.7 Å². The van der Waals surface area contributed by atoms with E-state index in [4.69, 9.17) is 4.74 Å². The highest BCUT2D eigenvalue weighted by Crippen LogP contribution is 2.26. The highest BCUT2D eigenvalue weighted by atomic mass is 32.2. The summed E-state index contributed by atoms with van der Waals surface area (Å²) in [5.74, 6) is -1.56. The molecule has 1 saturated heterocycles. The van der Waals surface area contributed by atoms with E-state index in [2.05, 4.69) is 14.8 Å². The first kappa shape index (κ1) is 25.2. The first-order valence-corrected chi connectivity index (χ1v) is 11.9. The lowest BCUT2D eigenvalue weighted by molar-refractivity contribution is -0.118.